The Hall–Kier alpha value is -0.830. The number of aromatic nitrogens is 1. The number of nitrogens with zero attached hydrogens (tertiary/aromatic N) is 2. The number of aryl methyl sites for hydroxylation is 1. The fourth-order valence-electron chi connectivity index (χ4n) is 1.56. The van der Waals surface area contributed by atoms with Crippen LogP contribution in [0, 0.1) is 6.92 Å². The van der Waals surface area contributed by atoms with Crippen LogP contribution in [0.1, 0.15) is 12.1 Å². The molecule has 0 fully saturated rings. The standard InChI is InChI=1S/C11H13BrN2/c1-9-10(12)5-6-11(13-9)14-7-3-2-4-8-14/h2-3,5-6H,4,7-8H2,1H3. The van der Waals surface area contributed by atoms with Crippen molar-refractivity contribution in [2.24, 2.45) is 0 Å². The number of pyridine rings is 1. The highest BCUT2D eigenvalue weighted by molar-refractivity contribution is 9.10. The minimum Gasteiger partial charge on any atom is -0.353 e. The van der Waals surface area contributed by atoms with Gasteiger partial charge in [-0.05, 0) is 41.4 Å². The first-order valence-electron chi connectivity index (χ1n) is 4.80. The van der Waals surface area contributed by atoms with E-state index in [1.54, 1.807) is 0 Å². The second kappa shape index (κ2) is 4.13. The van der Waals surface area contributed by atoms with Crippen molar-refractivity contribution in [1.29, 1.82) is 0 Å². The molecule has 1 aromatic rings. The molecule has 14 heavy (non-hydrogen) atoms. The highest BCUT2D eigenvalue weighted by atomic mass is 79.9. The topological polar surface area (TPSA) is 16.1 Å². The molecule has 0 spiro atoms. The van der Waals surface area contributed by atoms with Crippen molar-refractivity contribution in [3.63, 3.8) is 0 Å². The summed E-state index contributed by atoms with van der Waals surface area (Å²) in [5.41, 5.74) is 1.05. The average Bonchev–Trinajstić information content (AvgIpc) is 2.23. The van der Waals surface area contributed by atoms with E-state index in [4.69, 9.17) is 0 Å². The molecular formula is C11H13BrN2. The molecule has 0 aromatic carbocycles. The number of hydrogen-bond acceptors (Lipinski definition) is 2. The first kappa shape index (κ1) is 9.71. The van der Waals surface area contributed by atoms with Gasteiger partial charge in [0, 0.05) is 17.6 Å². The van der Waals surface area contributed by atoms with Crippen molar-refractivity contribution >= 4 is 21.7 Å². The van der Waals surface area contributed by atoms with Crippen molar-refractivity contribution in [1.82, 2.24) is 4.98 Å². The van der Waals surface area contributed by atoms with Crippen molar-refractivity contribution in [2.75, 3.05) is 18.0 Å². The summed E-state index contributed by atoms with van der Waals surface area (Å²) in [6.07, 6.45) is 5.54. The Kier molecular flexibility index (Phi) is 2.87. The molecule has 0 saturated heterocycles. The third-order valence-electron chi connectivity index (χ3n) is 2.39. The second-order valence-corrected chi connectivity index (χ2v) is 4.30. The zero-order chi connectivity index (χ0) is 9.97. The van der Waals surface area contributed by atoms with Crippen molar-refractivity contribution in [3.05, 3.63) is 34.5 Å². The van der Waals surface area contributed by atoms with Gasteiger partial charge in [0.25, 0.3) is 0 Å². The van der Waals surface area contributed by atoms with Crippen LogP contribution in [0.25, 0.3) is 0 Å². The van der Waals surface area contributed by atoms with E-state index in [2.05, 4.69) is 50.1 Å². The molecule has 2 heterocycles. The number of anilines is 1. The van der Waals surface area contributed by atoms with Crippen LogP contribution < -0.4 is 4.90 Å². The minimum absolute atomic E-state index is 0.980. The lowest BCUT2D eigenvalue weighted by Crippen LogP contribution is -2.27. The van der Waals surface area contributed by atoms with Gasteiger partial charge in [0.05, 0.1) is 5.69 Å². The highest BCUT2D eigenvalue weighted by Crippen LogP contribution is 2.20. The Morgan fingerprint density at radius 2 is 2.21 bits per heavy atom. The molecule has 1 aliphatic rings. The van der Waals surface area contributed by atoms with Crippen molar-refractivity contribution in [2.45, 2.75) is 13.3 Å². The number of hydrogen-bond donors (Lipinski definition) is 0. The summed E-state index contributed by atoms with van der Waals surface area (Å²) in [6.45, 7) is 4.08. The molecule has 0 N–H and O–H groups in total. The zero-order valence-corrected chi connectivity index (χ0v) is 9.79. The molecule has 74 valence electrons. The molecule has 3 heteroatoms. The van der Waals surface area contributed by atoms with E-state index >= 15 is 0 Å². The van der Waals surface area contributed by atoms with Gasteiger partial charge in [-0.3, -0.25) is 0 Å². The molecule has 0 aliphatic carbocycles. The maximum Gasteiger partial charge on any atom is 0.129 e. The third-order valence-corrected chi connectivity index (χ3v) is 3.23. The van der Waals surface area contributed by atoms with Crippen LogP contribution in [0.15, 0.2) is 28.8 Å². The second-order valence-electron chi connectivity index (χ2n) is 3.44. The van der Waals surface area contributed by atoms with Gasteiger partial charge in [-0.1, -0.05) is 12.2 Å². The molecule has 1 aromatic heterocycles. The SMILES string of the molecule is Cc1nc(N2CC=CCC2)ccc1Br. The average molecular weight is 253 g/mol. The fraction of sp³-hybridized carbons (Fsp3) is 0.364. The summed E-state index contributed by atoms with van der Waals surface area (Å²) < 4.78 is 1.08. The van der Waals surface area contributed by atoms with Crippen LogP contribution in [-0.4, -0.2) is 18.1 Å². The summed E-state index contributed by atoms with van der Waals surface area (Å²) in [7, 11) is 0. The first-order chi connectivity index (χ1) is 6.77. The lowest BCUT2D eigenvalue weighted by molar-refractivity contribution is 0.802. The van der Waals surface area contributed by atoms with Crippen LogP contribution in [0.3, 0.4) is 0 Å². The molecule has 0 radical (unpaired) electrons. The molecular weight excluding hydrogens is 240 g/mol. The monoisotopic (exact) mass is 252 g/mol. The number of halogens is 1. The quantitative estimate of drug-likeness (QED) is 0.715. The van der Waals surface area contributed by atoms with E-state index in [-0.39, 0.29) is 0 Å². The Bertz CT molecular complexity index is 360. The fourth-order valence-corrected chi connectivity index (χ4v) is 1.78. The minimum atomic E-state index is 0.980. The summed E-state index contributed by atoms with van der Waals surface area (Å²) in [5.74, 6) is 1.08. The predicted molar refractivity (Wildman–Crippen MR) is 62.6 cm³/mol. The predicted octanol–water partition coefficient (Wildman–Crippen LogP) is 2.92. The van der Waals surface area contributed by atoms with Crippen LogP contribution in [-0.2, 0) is 0 Å². The first-order valence-corrected chi connectivity index (χ1v) is 5.60. The van der Waals surface area contributed by atoms with Gasteiger partial charge in [-0.2, -0.15) is 0 Å². The van der Waals surface area contributed by atoms with Crippen LogP contribution in [0.2, 0.25) is 0 Å². The van der Waals surface area contributed by atoms with Crippen LogP contribution in [0.5, 0.6) is 0 Å². The van der Waals surface area contributed by atoms with Crippen molar-refractivity contribution < 1.29 is 0 Å². The van der Waals surface area contributed by atoms with E-state index in [1.165, 1.54) is 0 Å². The Balaban J connectivity index is 2.23. The summed E-state index contributed by atoms with van der Waals surface area (Å²) in [6, 6.07) is 4.13. The Morgan fingerprint density at radius 1 is 1.36 bits per heavy atom. The van der Waals surface area contributed by atoms with E-state index < -0.39 is 0 Å². The van der Waals surface area contributed by atoms with E-state index in [0.29, 0.717) is 0 Å². The lowest BCUT2D eigenvalue weighted by Gasteiger charge is -2.24. The maximum absolute atomic E-state index is 4.54. The molecule has 0 unspecified atom stereocenters. The summed E-state index contributed by atoms with van der Waals surface area (Å²) >= 11 is 3.46. The van der Waals surface area contributed by atoms with Gasteiger partial charge >= 0.3 is 0 Å². The molecule has 0 amide bonds. The zero-order valence-electron chi connectivity index (χ0n) is 8.20. The van der Waals surface area contributed by atoms with E-state index in [9.17, 15) is 0 Å². The number of rotatable bonds is 1. The normalized spacial score (nSPS) is 16.0. The largest absolute Gasteiger partial charge is 0.353 e. The van der Waals surface area contributed by atoms with Gasteiger partial charge < -0.3 is 4.90 Å². The van der Waals surface area contributed by atoms with Crippen molar-refractivity contribution in [3.8, 4) is 0 Å². The smallest absolute Gasteiger partial charge is 0.129 e. The van der Waals surface area contributed by atoms with Gasteiger partial charge in [0.1, 0.15) is 5.82 Å². The summed E-state index contributed by atoms with van der Waals surface area (Å²) in [5, 5.41) is 0. The Labute approximate surface area is 92.8 Å². The third kappa shape index (κ3) is 1.98. The maximum atomic E-state index is 4.54. The van der Waals surface area contributed by atoms with Gasteiger partial charge in [0.2, 0.25) is 0 Å². The van der Waals surface area contributed by atoms with Crippen LogP contribution >= 0.6 is 15.9 Å². The summed E-state index contributed by atoms with van der Waals surface area (Å²) in [4.78, 5) is 6.83. The molecule has 0 atom stereocenters. The molecule has 0 bridgehead atoms. The molecule has 2 rings (SSSR count). The molecule has 1 aliphatic heterocycles. The van der Waals surface area contributed by atoms with Crippen LogP contribution in [0.4, 0.5) is 5.82 Å². The molecule has 2 nitrogen and oxygen atoms in total. The molecule has 0 saturated carbocycles. The lowest BCUT2D eigenvalue weighted by atomic mass is 10.2. The highest BCUT2D eigenvalue weighted by Gasteiger charge is 2.09. The van der Waals surface area contributed by atoms with Gasteiger partial charge in [-0.25, -0.2) is 4.98 Å². The van der Waals surface area contributed by atoms with E-state index in [0.717, 1.165) is 35.5 Å². The van der Waals surface area contributed by atoms with E-state index in [1.807, 2.05) is 6.92 Å². The van der Waals surface area contributed by atoms with Gasteiger partial charge in [-0.15, -0.1) is 0 Å². The Morgan fingerprint density at radius 3 is 2.86 bits per heavy atom. The van der Waals surface area contributed by atoms with Gasteiger partial charge in [0.15, 0.2) is 0 Å².